The molecule has 0 fully saturated rings. The molecule has 0 radical (unpaired) electrons. The summed E-state index contributed by atoms with van der Waals surface area (Å²) in [6, 6.07) is 0.739. The van der Waals surface area contributed by atoms with Crippen LogP contribution in [0.1, 0.15) is 38.1 Å². The van der Waals surface area contributed by atoms with Gasteiger partial charge in [-0.2, -0.15) is 0 Å². The molecule has 1 heterocycles. The minimum Gasteiger partial charge on any atom is -0.478 e. The number of pyridine rings is 1. The first-order valence-corrected chi connectivity index (χ1v) is 6.45. The standard InChI is InChI=1S/C13H18ClN3O3/c1-7(11(18)17-13(2,3)4)16-10-9(14)5-8(6-15-10)12(19)20/h5-7H,1-4H3,(H,15,16)(H,17,18)(H,19,20). The third kappa shape index (κ3) is 4.70. The monoisotopic (exact) mass is 299 g/mol. The van der Waals surface area contributed by atoms with Crippen LogP contribution < -0.4 is 10.6 Å². The number of nitrogens with one attached hydrogen (secondary N) is 2. The molecule has 0 saturated heterocycles. The third-order valence-corrected chi connectivity index (χ3v) is 2.62. The molecule has 0 aliphatic heterocycles. The van der Waals surface area contributed by atoms with Gasteiger partial charge in [-0.25, -0.2) is 9.78 Å². The zero-order chi connectivity index (χ0) is 15.5. The maximum Gasteiger partial charge on any atom is 0.337 e. The lowest BCUT2D eigenvalue weighted by Gasteiger charge is -2.24. The Hall–Kier alpha value is -1.82. The van der Waals surface area contributed by atoms with Gasteiger partial charge < -0.3 is 15.7 Å². The lowest BCUT2D eigenvalue weighted by Crippen LogP contribution is -2.47. The molecule has 1 aromatic rings. The number of anilines is 1. The van der Waals surface area contributed by atoms with Gasteiger partial charge in [-0.1, -0.05) is 11.6 Å². The first-order chi connectivity index (χ1) is 9.10. The van der Waals surface area contributed by atoms with E-state index < -0.39 is 12.0 Å². The van der Waals surface area contributed by atoms with E-state index in [9.17, 15) is 9.59 Å². The fourth-order valence-electron chi connectivity index (χ4n) is 1.41. The zero-order valence-corrected chi connectivity index (χ0v) is 12.6. The van der Waals surface area contributed by atoms with Crippen LogP contribution >= 0.6 is 11.6 Å². The number of halogens is 1. The first-order valence-electron chi connectivity index (χ1n) is 6.07. The molecule has 0 aliphatic rings. The van der Waals surface area contributed by atoms with Crippen molar-refractivity contribution < 1.29 is 14.7 Å². The van der Waals surface area contributed by atoms with E-state index in [1.165, 1.54) is 12.3 Å². The number of amides is 1. The number of carbonyl (C=O) groups excluding carboxylic acids is 1. The minimum absolute atomic E-state index is 0.00709. The van der Waals surface area contributed by atoms with E-state index in [2.05, 4.69) is 15.6 Å². The van der Waals surface area contributed by atoms with E-state index in [1.807, 2.05) is 20.8 Å². The van der Waals surface area contributed by atoms with Gasteiger partial charge >= 0.3 is 5.97 Å². The summed E-state index contributed by atoms with van der Waals surface area (Å²) in [5, 5.41) is 14.6. The smallest absolute Gasteiger partial charge is 0.337 e. The number of nitrogens with zero attached hydrogens (tertiary/aromatic N) is 1. The molecule has 1 aromatic heterocycles. The average Bonchev–Trinajstić information content (AvgIpc) is 2.29. The van der Waals surface area contributed by atoms with Gasteiger partial charge in [-0.3, -0.25) is 4.79 Å². The van der Waals surface area contributed by atoms with E-state index >= 15 is 0 Å². The first kappa shape index (κ1) is 16.2. The molecular weight excluding hydrogens is 282 g/mol. The number of carboxylic acids is 1. The Morgan fingerprint density at radius 3 is 2.45 bits per heavy atom. The summed E-state index contributed by atoms with van der Waals surface area (Å²) >= 11 is 5.94. The second kappa shape index (κ2) is 6.09. The molecular formula is C13H18ClN3O3. The lowest BCUT2D eigenvalue weighted by molar-refractivity contribution is -0.122. The van der Waals surface area contributed by atoms with Crippen molar-refractivity contribution >= 4 is 29.3 Å². The fourth-order valence-corrected chi connectivity index (χ4v) is 1.63. The van der Waals surface area contributed by atoms with Gasteiger partial charge in [0.15, 0.2) is 0 Å². The quantitative estimate of drug-likeness (QED) is 0.792. The molecule has 1 atom stereocenters. The second-order valence-electron chi connectivity index (χ2n) is 5.46. The maximum absolute atomic E-state index is 11.9. The molecule has 6 nitrogen and oxygen atoms in total. The predicted octanol–water partition coefficient (Wildman–Crippen LogP) is 2.15. The summed E-state index contributed by atoms with van der Waals surface area (Å²) in [6.45, 7) is 7.31. The SMILES string of the molecule is CC(Nc1ncc(C(=O)O)cc1Cl)C(=O)NC(C)(C)C. The van der Waals surface area contributed by atoms with Crippen LogP contribution in [0, 0.1) is 0 Å². The highest BCUT2D eigenvalue weighted by atomic mass is 35.5. The predicted molar refractivity (Wildman–Crippen MR) is 77.2 cm³/mol. The van der Waals surface area contributed by atoms with Crippen LogP contribution in [0.15, 0.2) is 12.3 Å². The fraction of sp³-hybridized carbons (Fsp3) is 0.462. The summed E-state index contributed by atoms with van der Waals surface area (Å²) in [6.07, 6.45) is 1.19. The molecule has 3 N–H and O–H groups in total. The molecule has 7 heteroatoms. The summed E-state index contributed by atoms with van der Waals surface area (Å²) in [5.74, 6) is -1.03. The van der Waals surface area contributed by atoms with Crippen molar-refractivity contribution in [1.82, 2.24) is 10.3 Å². The molecule has 0 aliphatic carbocycles. The highest BCUT2D eigenvalue weighted by molar-refractivity contribution is 6.33. The van der Waals surface area contributed by atoms with Crippen LogP contribution in [0.2, 0.25) is 5.02 Å². The number of hydrogen-bond donors (Lipinski definition) is 3. The Labute approximate surface area is 122 Å². The topological polar surface area (TPSA) is 91.3 Å². The Balaban J connectivity index is 2.78. The molecule has 110 valence electrons. The Kier molecular flexibility index (Phi) is 4.94. The van der Waals surface area contributed by atoms with Crippen molar-refractivity contribution in [3.63, 3.8) is 0 Å². The minimum atomic E-state index is -1.11. The van der Waals surface area contributed by atoms with Gasteiger partial charge in [-0.15, -0.1) is 0 Å². The van der Waals surface area contributed by atoms with E-state index in [4.69, 9.17) is 16.7 Å². The van der Waals surface area contributed by atoms with Gasteiger partial charge in [0.05, 0.1) is 10.6 Å². The third-order valence-electron chi connectivity index (χ3n) is 2.33. The number of carboxylic acid groups (broad SMARTS) is 1. The van der Waals surface area contributed by atoms with Crippen LogP contribution in [-0.4, -0.2) is 33.5 Å². The van der Waals surface area contributed by atoms with Crippen LogP contribution in [0.25, 0.3) is 0 Å². The number of aromatic nitrogens is 1. The van der Waals surface area contributed by atoms with Gasteiger partial charge in [0, 0.05) is 11.7 Å². The van der Waals surface area contributed by atoms with Crippen molar-refractivity contribution in [3.05, 3.63) is 22.8 Å². The lowest BCUT2D eigenvalue weighted by atomic mass is 10.1. The van der Waals surface area contributed by atoms with Gasteiger partial charge in [-0.05, 0) is 33.8 Å². The van der Waals surface area contributed by atoms with Crippen LogP contribution in [0.5, 0.6) is 0 Å². The summed E-state index contributed by atoms with van der Waals surface area (Å²) < 4.78 is 0. The summed E-state index contributed by atoms with van der Waals surface area (Å²) in [7, 11) is 0. The molecule has 1 unspecified atom stereocenters. The Morgan fingerprint density at radius 1 is 1.40 bits per heavy atom. The molecule has 20 heavy (non-hydrogen) atoms. The van der Waals surface area contributed by atoms with Crippen molar-refractivity contribution in [2.75, 3.05) is 5.32 Å². The molecule has 1 amide bonds. The van der Waals surface area contributed by atoms with Crippen molar-refractivity contribution in [3.8, 4) is 0 Å². The molecule has 0 spiro atoms. The Morgan fingerprint density at radius 2 is 2.00 bits per heavy atom. The van der Waals surface area contributed by atoms with Gasteiger partial charge in [0.25, 0.3) is 0 Å². The van der Waals surface area contributed by atoms with Crippen molar-refractivity contribution in [2.45, 2.75) is 39.3 Å². The average molecular weight is 300 g/mol. The maximum atomic E-state index is 11.9. The highest BCUT2D eigenvalue weighted by Gasteiger charge is 2.20. The van der Waals surface area contributed by atoms with Crippen molar-refractivity contribution in [1.29, 1.82) is 0 Å². The van der Waals surface area contributed by atoms with Gasteiger partial charge in [0.2, 0.25) is 5.91 Å². The highest BCUT2D eigenvalue weighted by Crippen LogP contribution is 2.21. The molecule has 0 bridgehead atoms. The van der Waals surface area contributed by atoms with Crippen LogP contribution in [0.4, 0.5) is 5.82 Å². The molecule has 0 aromatic carbocycles. The Bertz CT molecular complexity index is 526. The van der Waals surface area contributed by atoms with E-state index in [0.29, 0.717) is 0 Å². The zero-order valence-electron chi connectivity index (χ0n) is 11.8. The largest absolute Gasteiger partial charge is 0.478 e. The molecule has 1 rings (SSSR count). The normalized spacial score (nSPS) is 12.7. The second-order valence-corrected chi connectivity index (χ2v) is 5.87. The molecule has 0 saturated carbocycles. The van der Waals surface area contributed by atoms with E-state index in [0.717, 1.165) is 0 Å². The summed E-state index contributed by atoms with van der Waals surface area (Å²) in [4.78, 5) is 26.6. The van der Waals surface area contributed by atoms with Gasteiger partial charge in [0.1, 0.15) is 11.9 Å². The number of hydrogen-bond acceptors (Lipinski definition) is 4. The number of carbonyl (C=O) groups is 2. The van der Waals surface area contributed by atoms with Crippen molar-refractivity contribution in [2.24, 2.45) is 0 Å². The number of rotatable bonds is 4. The van der Waals surface area contributed by atoms with Crippen LogP contribution in [-0.2, 0) is 4.79 Å². The number of aromatic carboxylic acids is 1. The summed E-state index contributed by atoms with van der Waals surface area (Å²) in [5.41, 5.74) is -0.343. The van der Waals surface area contributed by atoms with Crippen LogP contribution in [0.3, 0.4) is 0 Å². The van der Waals surface area contributed by atoms with E-state index in [1.54, 1.807) is 6.92 Å². The van der Waals surface area contributed by atoms with E-state index in [-0.39, 0.29) is 27.9 Å².